The van der Waals surface area contributed by atoms with Gasteiger partial charge in [-0.15, -0.1) is 11.8 Å². The van der Waals surface area contributed by atoms with Crippen molar-refractivity contribution in [3.8, 4) is 6.07 Å². The molecule has 1 aromatic carbocycles. The molecular weight excluding hydrogens is 264 g/mol. The van der Waals surface area contributed by atoms with E-state index in [9.17, 15) is 5.26 Å². The number of benzene rings is 1. The molecule has 0 heterocycles. The van der Waals surface area contributed by atoms with Crippen LogP contribution in [0.25, 0.3) is 0 Å². The van der Waals surface area contributed by atoms with Crippen molar-refractivity contribution >= 4 is 11.8 Å². The van der Waals surface area contributed by atoms with E-state index >= 15 is 0 Å². The van der Waals surface area contributed by atoms with Gasteiger partial charge in [-0.2, -0.15) is 5.26 Å². The maximum Gasteiger partial charge on any atom is 0.100 e. The monoisotopic (exact) mass is 288 g/mol. The first-order valence-corrected chi connectivity index (χ1v) is 8.62. The summed E-state index contributed by atoms with van der Waals surface area (Å²) in [5, 5.41) is 13.5. The van der Waals surface area contributed by atoms with Gasteiger partial charge in [0.15, 0.2) is 0 Å². The summed E-state index contributed by atoms with van der Waals surface area (Å²) < 4.78 is 0. The second-order valence-electron chi connectivity index (χ2n) is 5.50. The van der Waals surface area contributed by atoms with Crippen LogP contribution in [0.5, 0.6) is 0 Å². The van der Waals surface area contributed by atoms with E-state index in [4.69, 9.17) is 0 Å². The van der Waals surface area contributed by atoms with E-state index in [0.29, 0.717) is 5.25 Å². The van der Waals surface area contributed by atoms with E-state index in [-0.39, 0.29) is 0 Å². The zero-order valence-corrected chi connectivity index (χ0v) is 13.1. The molecule has 0 spiro atoms. The highest BCUT2D eigenvalue weighted by atomic mass is 32.2. The summed E-state index contributed by atoms with van der Waals surface area (Å²) in [6, 6.07) is 8.72. The first kappa shape index (κ1) is 15.4. The van der Waals surface area contributed by atoms with Crippen molar-refractivity contribution in [3.63, 3.8) is 0 Å². The van der Waals surface area contributed by atoms with Gasteiger partial charge in [0, 0.05) is 16.7 Å². The Morgan fingerprint density at radius 2 is 2.10 bits per heavy atom. The molecule has 20 heavy (non-hydrogen) atoms. The fraction of sp³-hybridized carbons (Fsp3) is 0.588. The van der Waals surface area contributed by atoms with E-state index in [1.807, 2.05) is 17.8 Å². The summed E-state index contributed by atoms with van der Waals surface area (Å²) in [4.78, 5) is 1.17. The summed E-state index contributed by atoms with van der Waals surface area (Å²) in [7, 11) is 0. The van der Waals surface area contributed by atoms with E-state index < -0.39 is 0 Å². The normalized spacial score (nSPS) is 16.0. The number of thioether (sulfide) groups is 1. The van der Waals surface area contributed by atoms with Crippen molar-refractivity contribution in [2.45, 2.75) is 62.1 Å². The van der Waals surface area contributed by atoms with Crippen LogP contribution in [-0.4, -0.2) is 11.8 Å². The average Bonchev–Trinajstić information content (AvgIpc) is 2.50. The highest BCUT2D eigenvalue weighted by Crippen LogP contribution is 2.35. The van der Waals surface area contributed by atoms with Crippen molar-refractivity contribution in [2.24, 2.45) is 0 Å². The third-order valence-corrected chi connectivity index (χ3v) is 5.18. The number of hydrogen-bond donors (Lipinski definition) is 1. The number of nitriles is 1. The minimum atomic E-state index is 0.708. The molecule has 0 atom stereocenters. The number of nitrogens with one attached hydrogen (secondary N) is 1. The van der Waals surface area contributed by atoms with Gasteiger partial charge in [0.05, 0.1) is 5.56 Å². The lowest BCUT2D eigenvalue weighted by molar-refractivity contribution is 0.516. The van der Waals surface area contributed by atoms with Crippen molar-refractivity contribution < 1.29 is 0 Å². The van der Waals surface area contributed by atoms with Gasteiger partial charge in [-0.3, -0.25) is 0 Å². The van der Waals surface area contributed by atoms with Crippen LogP contribution >= 0.6 is 11.8 Å². The molecule has 0 bridgehead atoms. The molecule has 2 nitrogen and oxygen atoms in total. The van der Waals surface area contributed by atoms with Gasteiger partial charge in [0.1, 0.15) is 6.07 Å². The van der Waals surface area contributed by atoms with Crippen molar-refractivity contribution in [1.29, 1.82) is 5.26 Å². The Labute approximate surface area is 127 Å². The summed E-state index contributed by atoms with van der Waals surface area (Å²) in [5.41, 5.74) is 2.05. The van der Waals surface area contributed by atoms with Crippen LogP contribution in [0.15, 0.2) is 23.1 Å². The Bertz CT molecular complexity index is 459. The number of rotatable bonds is 6. The van der Waals surface area contributed by atoms with Crippen LogP contribution < -0.4 is 5.32 Å². The lowest BCUT2D eigenvalue weighted by Gasteiger charge is -2.21. The molecule has 0 amide bonds. The molecule has 1 aliphatic rings. The van der Waals surface area contributed by atoms with E-state index in [1.165, 1.54) is 42.6 Å². The van der Waals surface area contributed by atoms with E-state index in [0.717, 1.165) is 25.1 Å². The molecule has 1 fully saturated rings. The number of nitrogens with zero attached hydrogens (tertiary/aromatic N) is 1. The molecule has 0 saturated heterocycles. The highest BCUT2D eigenvalue weighted by Gasteiger charge is 2.16. The van der Waals surface area contributed by atoms with Crippen LogP contribution in [0.4, 0.5) is 0 Å². The largest absolute Gasteiger partial charge is 0.313 e. The van der Waals surface area contributed by atoms with Crippen LogP contribution in [0.3, 0.4) is 0 Å². The van der Waals surface area contributed by atoms with Crippen LogP contribution in [0.1, 0.15) is 56.6 Å². The summed E-state index contributed by atoms with van der Waals surface area (Å²) in [5.74, 6) is 0. The average molecular weight is 288 g/mol. The third-order valence-electron chi connectivity index (χ3n) is 3.77. The SMILES string of the molecule is CCCNCc1ccc(SC2CCCCC2)c(C#N)c1. The fourth-order valence-electron chi connectivity index (χ4n) is 2.65. The zero-order valence-electron chi connectivity index (χ0n) is 12.3. The van der Waals surface area contributed by atoms with Gasteiger partial charge < -0.3 is 5.32 Å². The van der Waals surface area contributed by atoms with E-state index in [2.05, 4.69) is 30.4 Å². The predicted molar refractivity (Wildman–Crippen MR) is 85.9 cm³/mol. The highest BCUT2D eigenvalue weighted by molar-refractivity contribution is 8.00. The molecule has 0 aliphatic heterocycles. The Hall–Kier alpha value is -0.980. The number of hydrogen-bond acceptors (Lipinski definition) is 3. The summed E-state index contributed by atoms with van der Waals surface area (Å²) in [6.45, 7) is 4.05. The third kappa shape index (κ3) is 4.54. The van der Waals surface area contributed by atoms with Gasteiger partial charge >= 0.3 is 0 Å². The van der Waals surface area contributed by atoms with Gasteiger partial charge in [0.25, 0.3) is 0 Å². The van der Waals surface area contributed by atoms with Crippen molar-refractivity contribution in [3.05, 3.63) is 29.3 Å². The standard InChI is InChI=1S/C17H24N2S/c1-2-10-19-13-14-8-9-17(15(11-14)12-18)20-16-6-4-3-5-7-16/h8-9,11,16,19H,2-7,10,13H2,1H3. The predicted octanol–water partition coefficient (Wildman–Crippen LogP) is 4.48. The van der Waals surface area contributed by atoms with Gasteiger partial charge in [0.2, 0.25) is 0 Å². The van der Waals surface area contributed by atoms with Crippen LogP contribution in [-0.2, 0) is 6.54 Å². The molecule has 0 unspecified atom stereocenters. The van der Waals surface area contributed by atoms with Crippen LogP contribution in [0.2, 0.25) is 0 Å². The fourth-order valence-corrected chi connectivity index (χ4v) is 3.96. The molecule has 2 rings (SSSR count). The van der Waals surface area contributed by atoms with E-state index in [1.54, 1.807) is 0 Å². The molecule has 0 aromatic heterocycles. The molecule has 1 N–H and O–H groups in total. The maximum atomic E-state index is 9.36. The molecule has 3 heteroatoms. The molecule has 108 valence electrons. The Balaban J connectivity index is 2.00. The van der Waals surface area contributed by atoms with Crippen molar-refractivity contribution in [1.82, 2.24) is 5.32 Å². The van der Waals surface area contributed by atoms with Crippen LogP contribution in [0, 0.1) is 11.3 Å². The Morgan fingerprint density at radius 3 is 2.80 bits per heavy atom. The molecule has 1 aliphatic carbocycles. The minimum Gasteiger partial charge on any atom is -0.313 e. The van der Waals surface area contributed by atoms with Gasteiger partial charge in [-0.1, -0.05) is 32.3 Å². The zero-order chi connectivity index (χ0) is 14.2. The van der Waals surface area contributed by atoms with Crippen molar-refractivity contribution in [2.75, 3.05) is 6.54 Å². The van der Waals surface area contributed by atoms with Gasteiger partial charge in [-0.25, -0.2) is 0 Å². The molecule has 1 saturated carbocycles. The second-order valence-corrected chi connectivity index (χ2v) is 6.84. The quantitative estimate of drug-likeness (QED) is 0.784. The second kappa shape index (κ2) is 8.34. The lowest BCUT2D eigenvalue weighted by Crippen LogP contribution is -2.14. The first-order valence-electron chi connectivity index (χ1n) is 7.74. The minimum absolute atomic E-state index is 0.708. The summed E-state index contributed by atoms with van der Waals surface area (Å²) in [6.07, 6.45) is 7.81. The topological polar surface area (TPSA) is 35.8 Å². The Morgan fingerprint density at radius 1 is 1.30 bits per heavy atom. The molecular formula is C17H24N2S. The first-order chi connectivity index (χ1) is 9.83. The smallest absolute Gasteiger partial charge is 0.100 e. The maximum absolute atomic E-state index is 9.36. The van der Waals surface area contributed by atoms with Gasteiger partial charge in [-0.05, 0) is 43.5 Å². The lowest BCUT2D eigenvalue weighted by atomic mass is 10.0. The molecule has 1 aromatic rings. The molecule has 0 radical (unpaired) electrons. The summed E-state index contributed by atoms with van der Waals surface area (Å²) >= 11 is 1.91. The Kier molecular flexibility index (Phi) is 6.42.